The van der Waals surface area contributed by atoms with Crippen LogP contribution in [0.3, 0.4) is 0 Å². The average Bonchev–Trinajstić information content (AvgIpc) is 2.75. The topological polar surface area (TPSA) is 75.5 Å². The van der Waals surface area contributed by atoms with E-state index in [2.05, 4.69) is 10.2 Å². The Balaban J connectivity index is 1.54. The first kappa shape index (κ1) is 22.4. The van der Waals surface area contributed by atoms with Gasteiger partial charge in [-0.1, -0.05) is 40.9 Å². The Morgan fingerprint density at radius 2 is 1.84 bits per heavy atom. The summed E-state index contributed by atoms with van der Waals surface area (Å²) in [4.78, 5) is 25.4. The van der Waals surface area contributed by atoms with Crippen molar-refractivity contribution in [1.29, 1.82) is 0 Å². The fraction of sp³-hybridized carbons (Fsp3) is 0.174. The van der Waals surface area contributed by atoms with Crippen LogP contribution in [-0.2, 0) is 13.0 Å². The van der Waals surface area contributed by atoms with Gasteiger partial charge < -0.3 is 10.2 Å². The summed E-state index contributed by atoms with van der Waals surface area (Å²) in [6.45, 7) is 1.54. The first-order chi connectivity index (χ1) is 15.3. The number of nitrogens with zero attached hydrogens (tertiary/aromatic N) is 2. The van der Waals surface area contributed by atoms with Crippen molar-refractivity contribution in [2.45, 2.75) is 19.4 Å². The number of rotatable bonds is 5. The summed E-state index contributed by atoms with van der Waals surface area (Å²) in [6.07, 6.45) is 1.84. The minimum absolute atomic E-state index is 0.0533. The van der Waals surface area contributed by atoms with Gasteiger partial charge in [0, 0.05) is 46.6 Å². The number of anilines is 2. The number of benzene rings is 3. The van der Waals surface area contributed by atoms with Crippen molar-refractivity contribution in [3.05, 3.63) is 96.5 Å². The van der Waals surface area contributed by atoms with Crippen molar-refractivity contribution >= 4 is 57.8 Å². The Hall–Kier alpha value is -2.80. The number of amides is 1. The number of fused-ring (bicyclic) bond motifs is 1. The number of aryl methyl sites for hydroxylation is 1. The third-order valence-electron chi connectivity index (χ3n) is 5.33. The zero-order valence-electron chi connectivity index (χ0n) is 16.8. The summed E-state index contributed by atoms with van der Waals surface area (Å²) in [5.41, 5.74) is 3.63. The fourth-order valence-electron chi connectivity index (χ4n) is 3.77. The van der Waals surface area contributed by atoms with Gasteiger partial charge in [-0.2, -0.15) is 0 Å². The number of halogens is 3. The van der Waals surface area contributed by atoms with Gasteiger partial charge in [0.15, 0.2) is 0 Å². The van der Waals surface area contributed by atoms with Crippen molar-refractivity contribution in [2.24, 2.45) is 0 Å². The van der Waals surface area contributed by atoms with E-state index < -0.39 is 10.8 Å². The van der Waals surface area contributed by atoms with E-state index in [1.54, 1.807) is 6.07 Å². The molecular formula is C23H18Cl3N3O3. The van der Waals surface area contributed by atoms with Gasteiger partial charge in [0.25, 0.3) is 11.6 Å². The molecule has 0 saturated carbocycles. The van der Waals surface area contributed by atoms with Crippen LogP contribution in [0.2, 0.25) is 15.1 Å². The van der Waals surface area contributed by atoms with Crippen molar-refractivity contribution < 1.29 is 9.72 Å². The number of non-ortho nitro benzene ring substituents is 1. The summed E-state index contributed by atoms with van der Waals surface area (Å²) in [7, 11) is 0. The first-order valence-corrected chi connectivity index (χ1v) is 11.0. The van der Waals surface area contributed by atoms with Gasteiger partial charge in [-0.3, -0.25) is 14.9 Å². The van der Waals surface area contributed by atoms with Gasteiger partial charge in [0.2, 0.25) is 0 Å². The van der Waals surface area contributed by atoms with Crippen molar-refractivity contribution in [3.63, 3.8) is 0 Å². The molecular weight excluding hydrogens is 473 g/mol. The second-order valence-electron chi connectivity index (χ2n) is 7.48. The van der Waals surface area contributed by atoms with E-state index in [9.17, 15) is 14.9 Å². The highest BCUT2D eigenvalue weighted by Crippen LogP contribution is 2.33. The monoisotopic (exact) mass is 489 g/mol. The summed E-state index contributed by atoms with van der Waals surface area (Å²) < 4.78 is 0. The summed E-state index contributed by atoms with van der Waals surface area (Å²) in [5, 5.41) is 15.2. The molecule has 0 atom stereocenters. The number of carbonyl (C=O) groups is 1. The number of hydrogen-bond acceptors (Lipinski definition) is 4. The Labute approximate surface area is 199 Å². The molecule has 0 spiro atoms. The molecule has 1 heterocycles. The lowest BCUT2D eigenvalue weighted by molar-refractivity contribution is -0.384. The van der Waals surface area contributed by atoms with Gasteiger partial charge in [-0.05, 0) is 60.4 Å². The highest BCUT2D eigenvalue weighted by Gasteiger charge is 2.20. The quantitative estimate of drug-likeness (QED) is 0.317. The molecule has 1 aliphatic rings. The predicted molar refractivity (Wildman–Crippen MR) is 128 cm³/mol. The lowest BCUT2D eigenvalue weighted by Gasteiger charge is -2.32. The summed E-state index contributed by atoms with van der Waals surface area (Å²) >= 11 is 18.4. The number of nitro groups is 1. The van der Waals surface area contributed by atoms with E-state index in [-0.39, 0.29) is 16.3 Å². The minimum atomic E-state index is -0.562. The zero-order valence-corrected chi connectivity index (χ0v) is 19.0. The SMILES string of the molecule is O=C(Nc1ccc2c(c1)CCCN2Cc1ccc(Cl)cc1Cl)c1cc([N+](=O)[O-])ccc1Cl. The lowest BCUT2D eigenvalue weighted by Crippen LogP contribution is -2.29. The standard InChI is InChI=1S/C23H18Cl3N3O3/c24-16-4-3-15(21(26)11-16)13-28-9-1-2-14-10-17(5-8-22(14)28)27-23(30)19-12-18(29(31)32)6-7-20(19)25/h3-8,10-12H,1-2,9,13H2,(H,27,30). The number of carbonyl (C=O) groups excluding carboxylic acids is 1. The van der Waals surface area contributed by atoms with Crippen LogP contribution in [0.1, 0.15) is 27.9 Å². The van der Waals surface area contributed by atoms with Crippen LogP contribution in [0.25, 0.3) is 0 Å². The molecule has 0 fully saturated rings. The van der Waals surface area contributed by atoms with Crippen LogP contribution >= 0.6 is 34.8 Å². The second-order valence-corrected chi connectivity index (χ2v) is 8.73. The zero-order chi connectivity index (χ0) is 22.8. The largest absolute Gasteiger partial charge is 0.367 e. The molecule has 32 heavy (non-hydrogen) atoms. The van der Waals surface area contributed by atoms with Gasteiger partial charge >= 0.3 is 0 Å². The molecule has 1 aliphatic heterocycles. The Morgan fingerprint density at radius 3 is 2.59 bits per heavy atom. The van der Waals surface area contributed by atoms with E-state index in [1.807, 2.05) is 30.3 Å². The molecule has 0 bridgehead atoms. The molecule has 0 radical (unpaired) electrons. The van der Waals surface area contributed by atoms with Crippen molar-refractivity contribution in [2.75, 3.05) is 16.8 Å². The molecule has 9 heteroatoms. The van der Waals surface area contributed by atoms with Crippen LogP contribution in [0, 0.1) is 10.1 Å². The van der Waals surface area contributed by atoms with E-state index in [0.29, 0.717) is 22.3 Å². The molecule has 3 aromatic rings. The predicted octanol–water partition coefficient (Wildman–Crippen LogP) is 6.76. The normalized spacial score (nSPS) is 12.9. The molecule has 3 aromatic carbocycles. The van der Waals surface area contributed by atoms with E-state index in [1.165, 1.54) is 18.2 Å². The van der Waals surface area contributed by atoms with Gasteiger partial charge in [-0.15, -0.1) is 0 Å². The van der Waals surface area contributed by atoms with Crippen LogP contribution in [0.5, 0.6) is 0 Å². The lowest BCUT2D eigenvalue weighted by atomic mass is 10.00. The highest BCUT2D eigenvalue weighted by atomic mass is 35.5. The molecule has 6 nitrogen and oxygen atoms in total. The van der Waals surface area contributed by atoms with Crippen molar-refractivity contribution in [3.8, 4) is 0 Å². The smallest absolute Gasteiger partial charge is 0.270 e. The summed E-state index contributed by atoms with van der Waals surface area (Å²) in [6, 6.07) is 15.0. The highest BCUT2D eigenvalue weighted by molar-refractivity contribution is 6.35. The molecule has 164 valence electrons. The maximum absolute atomic E-state index is 12.7. The molecule has 0 aliphatic carbocycles. The number of nitro benzene ring substituents is 1. The minimum Gasteiger partial charge on any atom is -0.367 e. The van der Waals surface area contributed by atoms with Crippen LogP contribution in [0.15, 0.2) is 54.6 Å². The van der Waals surface area contributed by atoms with Gasteiger partial charge in [-0.25, -0.2) is 0 Å². The molecule has 0 unspecified atom stereocenters. The Bertz CT molecular complexity index is 1220. The molecule has 1 amide bonds. The van der Waals surface area contributed by atoms with Gasteiger partial charge in [0.05, 0.1) is 15.5 Å². The third-order valence-corrected chi connectivity index (χ3v) is 6.25. The Morgan fingerprint density at radius 1 is 1.03 bits per heavy atom. The number of hydrogen-bond donors (Lipinski definition) is 1. The molecule has 0 aromatic heterocycles. The average molecular weight is 491 g/mol. The van der Waals surface area contributed by atoms with E-state index >= 15 is 0 Å². The van der Waals surface area contributed by atoms with E-state index in [0.717, 1.165) is 36.2 Å². The fourth-order valence-corrected chi connectivity index (χ4v) is 4.44. The first-order valence-electron chi connectivity index (χ1n) is 9.89. The third kappa shape index (κ3) is 4.83. The van der Waals surface area contributed by atoms with Crippen LogP contribution in [-0.4, -0.2) is 17.4 Å². The Kier molecular flexibility index (Phi) is 6.55. The molecule has 0 saturated heterocycles. The van der Waals surface area contributed by atoms with Crippen molar-refractivity contribution in [1.82, 2.24) is 0 Å². The second kappa shape index (κ2) is 9.36. The van der Waals surface area contributed by atoms with Crippen LogP contribution < -0.4 is 10.2 Å². The van der Waals surface area contributed by atoms with Gasteiger partial charge in [0.1, 0.15) is 0 Å². The van der Waals surface area contributed by atoms with Crippen LogP contribution in [0.4, 0.5) is 17.1 Å². The molecule has 1 N–H and O–H groups in total. The maximum Gasteiger partial charge on any atom is 0.270 e. The molecule has 4 rings (SSSR count). The van der Waals surface area contributed by atoms with E-state index in [4.69, 9.17) is 34.8 Å². The summed E-state index contributed by atoms with van der Waals surface area (Å²) in [5.74, 6) is -0.501. The maximum atomic E-state index is 12.7. The number of nitrogens with one attached hydrogen (secondary N) is 1.